The molecule has 86 valence electrons. The standard InChI is InChI=1S/C10H11BrN2O3/c1-16-8-3-5(2-6(11)9(8)14)7-4-12-10(15)13-7/h2-3,7,14H,4H2,1H3,(H2,12,13,15)/t7-/m1/s1. The molecule has 0 radical (unpaired) electrons. The van der Waals surface area contributed by atoms with Gasteiger partial charge in [-0.1, -0.05) is 0 Å². The van der Waals surface area contributed by atoms with E-state index in [2.05, 4.69) is 26.6 Å². The Balaban J connectivity index is 2.35. The van der Waals surface area contributed by atoms with Gasteiger partial charge in [-0.25, -0.2) is 4.79 Å². The molecule has 0 bridgehead atoms. The SMILES string of the molecule is COc1cc([C@H]2CNC(=O)N2)cc(Br)c1O. The van der Waals surface area contributed by atoms with E-state index in [1.165, 1.54) is 7.11 Å². The topological polar surface area (TPSA) is 70.6 Å². The molecule has 1 aromatic carbocycles. The molecule has 1 fully saturated rings. The number of aromatic hydroxyl groups is 1. The summed E-state index contributed by atoms with van der Waals surface area (Å²) in [7, 11) is 1.48. The minimum Gasteiger partial charge on any atom is -0.503 e. The van der Waals surface area contributed by atoms with Gasteiger partial charge in [-0.2, -0.15) is 0 Å². The van der Waals surface area contributed by atoms with Crippen molar-refractivity contribution in [3.63, 3.8) is 0 Å². The summed E-state index contributed by atoms with van der Waals surface area (Å²) in [5, 5.41) is 15.1. The van der Waals surface area contributed by atoms with Crippen molar-refractivity contribution in [2.24, 2.45) is 0 Å². The Morgan fingerprint density at radius 1 is 1.56 bits per heavy atom. The Morgan fingerprint density at radius 3 is 2.88 bits per heavy atom. The molecule has 0 spiro atoms. The molecule has 0 aliphatic carbocycles. The van der Waals surface area contributed by atoms with Crippen LogP contribution in [0.4, 0.5) is 4.79 Å². The molecule has 5 nitrogen and oxygen atoms in total. The monoisotopic (exact) mass is 286 g/mol. The smallest absolute Gasteiger partial charge is 0.315 e. The van der Waals surface area contributed by atoms with Crippen molar-refractivity contribution in [1.82, 2.24) is 10.6 Å². The van der Waals surface area contributed by atoms with Gasteiger partial charge in [0.1, 0.15) is 0 Å². The van der Waals surface area contributed by atoms with E-state index >= 15 is 0 Å². The zero-order chi connectivity index (χ0) is 11.7. The third kappa shape index (κ3) is 1.92. The maximum Gasteiger partial charge on any atom is 0.315 e. The van der Waals surface area contributed by atoms with Gasteiger partial charge in [0.15, 0.2) is 11.5 Å². The number of carbonyl (C=O) groups is 1. The zero-order valence-electron chi connectivity index (χ0n) is 8.58. The van der Waals surface area contributed by atoms with E-state index in [1.807, 2.05) is 0 Å². The van der Waals surface area contributed by atoms with Gasteiger partial charge >= 0.3 is 6.03 Å². The Hall–Kier alpha value is -1.43. The van der Waals surface area contributed by atoms with Gasteiger partial charge in [0.05, 0.1) is 17.6 Å². The number of urea groups is 1. The lowest BCUT2D eigenvalue weighted by atomic mass is 10.1. The predicted octanol–water partition coefficient (Wildman–Crippen LogP) is 1.52. The van der Waals surface area contributed by atoms with Crippen LogP contribution in [0.3, 0.4) is 0 Å². The first-order valence-electron chi connectivity index (χ1n) is 4.72. The first-order chi connectivity index (χ1) is 7.61. The van der Waals surface area contributed by atoms with Crippen LogP contribution in [-0.2, 0) is 0 Å². The molecule has 3 N–H and O–H groups in total. The van der Waals surface area contributed by atoms with Crippen molar-refractivity contribution >= 4 is 22.0 Å². The van der Waals surface area contributed by atoms with Crippen LogP contribution in [0.1, 0.15) is 11.6 Å². The van der Waals surface area contributed by atoms with Crippen molar-refractivity contribution in [2.45, 2.75) is 6.04 Å². The largest absolute Gasteiger partial charge is 0.503 e. The van der Waals surface area contributed by atoms with Gasteiger partial charge in [-0.3, -0.25) is 0 Å². The molecular formula is C10H11BrN2O3. The van der Waals surface area contributed by atoms with Crippen molar-refractivity contribution in [1.29, 1.82) is 0 Å². The van der Waals surface area contributed by atoms with Gasteiger partial charge in [0.25, 0.3) is 0 Å². The van der Waals surface area contributed by atoms with Crippen molar-refractivity contribution in [3.8, 4) is 11.5 Å². The van der Waals surface area contributed by atoms with E-state index in [0.29, 0.717) is 16.8 Å². The molecule has 2 amide bonds. The average Bonchev–Trinajstić information content (AvgIpc) is 2.69. The molecule has 1 atom stereocenters. The maximum absolute atomic E-state index is 11.0. The second kappa shape index (κ2) is 4.21. The second-order valence-electron chi connectivity index (χ2n) is 3.46. The molecule has 6 heteroatoms. The van der Waals surface area contributed by atoms with Gasteiger partial charge in [0.2, 0.25) is 0 Å². The molecular weight excluding hydrogens is 276 g/mol. The van der Waals surface area contributed by atoms with Crippen LogP contribution in [0.2, 0.25) is 0 Å². The molecule has 16 heavy (non-hydrogen) atoms. The highest BCUT2D eigenvalue weighted by molar-refractivity contribution is 9.10. The summed E-state index contributed by atoms with van der Waals surface area (Å²) in [6, 6.07) is 3.18. The lowest BCUT2D eigenvalue weighted by Gasteiger charge is -2.13. The van der Waals surface area contributed by atoms with E-state index in [1.54, 1.807) is 12.1 Å². The van der Waals surface area contributed by atoms with E-state index in [0.717, 1.165) is 5.56 Å². The minimum atomic E-state index is -0.187. The highest BCUT2D eigenvalue weighted by atomic mass is 79.9. The highest BCUT2D eigenvalue weighted by Crippen LogP contribution is 2.37. The Labute approximate surface area is 101 Å². The molecule has 1 aromatic rings. The molecule has 1 aliphatic heterocycles. The number of phenolic OH excluding ortho intramolecular Hbond substituents is 1. The predicted molar refractivity (Wildman–Crippen MR) is 61.6 cm³/mol. The van der Waals surface area contributed by atoms with Crippen molar-refractivity contribution in [2.75, 3.05) is 13.7 Å². The van der Waals surface area contributed by atoms with E-state index in [9.17, 15) is 9.90 Å². The van der Waals surface area contributed by atoms with E-state index in [-0.39, 0.29) is 17.8 Å². The fraction of sp³-hybridized carbons (Fsp3) is 0.300. The normalized spacial score (nSPS) is 19.1. The number of nitrogens with one attached hydrogen (secondary N) is 2. The van der Waals surface area contributed by atoms with Crippen LogP contribution in [0.15, 0.2) is 16.6 Å². The number of methoxy groups -OCH3 is 1. The molecule has 2 rings (SSSR count). The summed E-state index contributed by atoms with van der Waals surface area (Å²) >= 11 is 3.24. The minimum absolute atomic E-state index is 0.0588. The Kier molecular flexibility index (Phi) is 2.91. The second-order valence-corrected chi connectivity index (χ2v) is 4.31. The molecule has 0 saturated carbocycles. The van der Waals surface area contributed by atoms with Crippen LogP contribution < -0.4 is 15.4 Å². The number of phenols is 1. The van der Waals surface area contributed by atoms with Gasteiger partial charge in [-0.05, 0) is 33.6 Å². The van der Waals surface area contributed by atoms with Crippen LogP contribution in [-0.4, -0.2) is 24.8 Å². The lowest BCUT2D eigenvalue weighted by Crippen LogP contribution is -2.21. The third-order valence-electron chi connectivity index (χ3n) is 2.45. The number of rotatable bonds is 2. The highest BCUT2D eigenvalue weighted by Gasteiger charge is 2.23. The van der Waals surface area contributed by atoms with Crippen LogP contribution >= 0.6 is 15.9 Å². The van der Waals surface area contributed by atoms with Gasteiger partial charge < -0.3 is 20.5 Å². The Morgan fingerprint density at radius 2 is 2.31 bits per heavy atom. The van der Waals surface area contributed by atoms with Crippen molar-refractivity contribution < 1.29 is 14.6 Å². The van der Waals surface area contributed by atoms with Gasteiger partial charge in [0, 0.05) is 6.54 Å². The maximum atomic E-state index is 11.0. The van der Waals surface area contributed by atoms with E-state index in [4.69, 9.17) is 4.74 Å². The number of ether oxygens (including phenoxy) is 1. The number of hydrogen-bond donors (Lipinski definition) is 3. The van der Waals surface area contributed by atoms with Crippen LogP contribution in [0.25, 0.3) is 0 Å². The summed E-state index contributed by atoms with van der Waals surface area (Å²) in [6.07, 6.45) is 0. The molecule has 1 saturated heterocycles. The lowest BCUT2D eigenvalue weighted by molar-refractivity contribution is 0.247. The number of carbonyl (C=O) groups excluding carboxylic acids is 1. The fourth-order valence-corrected chi connectivity index (χ4v) is 2.07. The quantitative estimate of drug-likeness (QED) is 0.772. The van der Waals surface area contributed by atoms with Gasteiger partial charge in [-0.15, -0.1) is 0 Å². The summed E-state index contributed by atoms with van der Waals surface area (Å²) < 4.78 is 5.58. The van der Waals surface area contributed by atoms with Crippen molar-refractivity contribution in [3.05, 3.63) is 22.2 Å². The number of benzene rings is 1. The zero-order valence-corrected chi connectivity index (χ0v) is 10.2. The molecule has 1 heterocycles. The molecule has 1 aliphatic rings. The number of amides is 2. The first kappa shape index (κ1) is 11.1. The third-order valence-corrected chi connectivity index (χ3v) is 3.05. The number of halogens is 1. The molecule has 0 unspecified atom stereocenters. The first-order valence-corrected chi connectivity index (χ1v) is 5.52. The molecule has 0 aromatic heterocycles. The van der Waals surface area contributed by atoms with E-state index < -0.39 is 0 Å². The summed E-state index contributed by atoms with van der Waals surface area (Å²) in [6.45, 7) is 0.527. The van der Waals surface area contributed by atoms with Crippen LogP contribution in [0, 0.1) is 0 Å². The number of hydrogen-bond acceptors (Lipinski definition) is 3. The summed E-state index contributed by atoms with van der Waals surface area (Å²) in [5.41, 5.74) is 0.875. The fourth-order valence-electron chi connectivity index (χ4n) is 1.61. The summed E-state index contributed by atoms with van der Waals surface area (Å²) in [4.78, 5) is 11.0. The summed E-state index contributed by atoms with van der Waals surface area (Å²) in [5.74, 6) is 0.439. The Bertz CT molecular complexity index is 436. The van der Waals surface area contributed by atoms with Crippen LogP contribution in [0.5, 0.6) is 11.5 Å². The average molecular weight is 287 g/mol.